The van der Waals surface area contributed by atoms with Gasteiger partial charge in [0.15, 0.2) is 0 Å². The maximum atomic E-state index is 5.91. The molecule has 0 bridgehead atoms. The minimum absolute atomic E-state index is 0.0314. The van der Waals surface area contributed by atoms with Crippen LogP contribution in [0.4, 0.5) is 0 Å². The van der Waals surface area contributed by atoms with E-state index in [-0.39, 0.29) is 6.04 Å². The van der Waals surface area contributed by atoms with Gasteiger partial charge in [0.2, 0.25) is 0 Å². The maximum absolute atomic E-state index is 5.91. The van der Waals surface area contributed by atoms with Crippen molar-refractivity contribution in [2.75, 3.05) is 0 Å². The van der Waals surface area contributed by atoms with Crippen LogP contribution in [0.15, 0.2) is 16.9 Å². The molecule has 0 spiro atoms. The van der Waals surface area contributed by atoms with Crippen LogP contribution < -0.4 is 5.73 Å². The van der Waals surface area contributed by atoms with E-state index in [0.29, 0.717) is 0 Å². The molecule has 0 aliphatic carbocycles. The Bertz CT molecular complexity index is 449. The molecule has 0 saturated carbocycles. The molecule has 2 aromatic rings. The number of nitrogens with zero attached hydrogens (tertiary/aromatic N) is 2. The third-order valence-corrected chi connectivity index (χ3v) is 3.46. The molecule has 4 nitrogen and oxygen atoms in total. The Hall–Kier alpha value is -1.20. The largest absolute Gasteiger partial charge is 0.361 e. The van der Waals surface area contributed by atoms with Gasteiger partial charge in [0.25, 0.3) is 0 Å². The fourth-order valence-corrected chi connectivity index (χ4v) is 2.35. The van der Waals surface area contributed by atoms with Gasteiger partial charge in [-0.05, 0) is 13.3 Å². The Morgan fingerprint density at radius 3 is 2.93 bits per heavy atom. The molecular weight excluding hydrogens is 210 g/mol. The Kier molecular flexibility index (Phi) is 2.83. The van der Waals surface area contributed by atoms with Gasteiger partial charge in [-0.1, -0.05) is 12.1 Å². The lowest BCUT2D eigenvalue weighted by atomic mass is 10.2. The van der Waals surface area contributed by atoms with E-state index in [0.717, 1.165) is 27.6 Å². The Labute approximate surface area is 92.1 Å². The van der Waals surface area contributed by atoms with Crippen LogP contribution in [0.1, 0.15) is 30.2 Å². The van der Waals surface area contributed by atoms with Crippen LogP contribution in [0.5, 0.6) is 0 Å². The highest BCUT2D eigenvalue weighted by atomic mass is 32.1. The molecule has 0 saturated heterocycles. The molecule has 0 aliphatic heterocycles. The number of hydrogen-bond acceptors (Lipinski definition) is 5. The summed E-state index contributed by atoms with van der Waals surface area (Å²) >= 11 is 1.60. The van der Waals surface area contributed by atoms with Crippen molar-refractivity contribution in [3.63, 3.8) is 0 Å². The van der Waals surface area contributed by atoms with E-state index >= 15 is 0 Å². The van der Waals surface area contributed by atoms with Crippen molar-refractivity contribution < 1.29 is 4.52 Å². The molecule has 2 N–H and O–H groups in total. The molecule has 15 heavy (non-hydrogen) atoms. The zero-order chi connectivity index (χ0) is 10.8. The summed E-state index contributed by atoms with van der Waals surface area (Å²) in [5.41, 5.74) is 6.91. The Morgan fingerprint density at radius 1 is 1.53 bits per heavy atom. The summed E-state index contributed by atoms with van der Waals surface area (Å²) in [6.45, 7) is 3.94. The van der Waals surface area contributed by atoms with Crippen molar-refractivity contribution >= 4 is 11.3 Å². The summed E-state index contributed by atoms with van der Waals surface area (Å²) in [5.74, 6) is 0.815. The zero-order valence-electron chi connectivity index (χ0n) is 8.73. The van der Waals surface area contributed by atoms with E-state index < -0.39 is 0 Å². The van der Waals surface area contributed by atoms with E-state index in [4.69, 9.17) is 10.3 Å². The van der Waals surface area contributed by atoms with Crippen LogP contribution in [0.2, 0.25) is 0 Å². The molecule has 80 valence electrons. The molecule has 5 heteroatoms. The van der Waals surface area contributed by atoms with Crippen LogP contribution in [0, 0.1) is 6.92 Å². The van der Waals surface area contributed by atoms with E-state index in [1.807, 2.05) is 13.1 Å². The number of nitrogens with two attached hydrogens (primary N) is 1. The maximum Gasteiger partial charge on any atom is 0.142 e. The minimum atomic E-state index is 0.0314. The standard InChI is InChI=1S/C10H13N3OS/c1-3-8(11)10-12-5-9(15-10)7-4-13-14-6(7)2/h4-5,8H,3,11H2,1-2H3. The SMILES string of the molecule is CCC(N)c1ncc(-c2cnoc2C)s1. The summed E-state index contributed by atoms with van der Waals surface area (Å²) in [6, 6.07) is 0.0314. The Balaban J connectivity index is 2.32. The first-order valence-corrected chi connectivity index (χ1v) is 5.67. The monoisotopic (exact) mass is 223 g/mol. The highest BCUT2D eigenvalue weighted by molar-refractivity contribution is 7.15. The van der Waals surface area contributed by atoms with Gasteiger partial charge in [0.1, 0.15) is 10.8 Å². The molecular formula is C10H13N3OS. The van der Waals surface area contributed by atoms with Crippen molar-refractivity contribution in [3.05, 3.63) is 23.2 Å². The van der Waals surface area contributed by atoms with Crippen LogP contribution in [-0.2, 0) is 0 Å². The third kappa shape index (κ3) is 1.93. The average Bonchev–Trinajstić information content (AvgIpc) is 2.84. The molecule has 2 aromatic heterocycles. The first-order valence-electron chi connectivity index (χ1n) is 4.85. The van der Waals surface area contributed by atoms with Crippen LogP contribution >= 0.6 is 11.3 Å². The number of aryl methyl sites for hydroxylation is 1. The molecule has 0 radical (unpaired) electrons. The van der Waals surface area contributed by atoms with Crippen molar-refractivity contribution in [3.8, 4) is 10.4 Å². The Morgan fingerprint density at radius 2 is 2.33 bits per heavy atom. The van der Waals surface area contributed by atoms with E-state index in [9.17, 15) is 0 Å². The summed E-state index contributed by atoms with van der Waals surface area (Å²) in [4.78, 5) is 5.37. The summed E-state index contributed by atoms with van der Waals surface area (Å²) in [5, 5.41) is 4.71. The van der Waals surface area contributed by atoms with Crippen LogP contribution in [-0.4, -0.2) is 10.1 Å². The number of aromatic nitrogens is 2. The predicted molar refractivity (Wildman–Crippen MR) is 59.6 cm³/mol. The predicted octanol–water partition coefficient (Wildman–Crippen LogP) is 2.52. The van der Waals surface area contributed by atoms with Gasteiger partial charge in [-0.2, -0.15) is 0 Å². The first kappa shape index (κ1) is 10.3. The smallest absolute Gasteiger partial charge is 0.142 e. The normalized spacial score (nSPS) is 13.0. The second-order valence-electron chi connectivity index (χ2n) is 3.37. The lowest BCUT2D eigenvalue weighted by Gasteiger charge is -2.01. The van der Waals surface area contributed by atoms with Gasteiger partial charge < -0.3 is 10.3 Å². The molecule has 0 aliphatic rings. The molecule has 1 atom stereocenters. The van der Waals surface area contributed by atoms with Crippen LogP contribution in [0.25, 0.3) is 10.4 Å². The number of rotatable bonds is 3. The fraction of sp³-hybridized carbons (Fsp3) is 0.400. The molecule has 1 unspecified atom stereocenters. The lowest BCUT2D eigenvalue weighted by Crippen LogP contribution is -2.07. The van der Waals surface area contributed by atoms with Gasteiger partial charge >= 0.3 is 0 Å². The van der Waals surface area contributed by atoms with Crippen molar-refractivity contribution in [2.45, 2.75) is 26.3 Å². The highest BCUT2D eigenvalue weighted by Gasteiger charge is 2.13. The number of thiazole rings is 1. The topological polar surface area (TPSA) is 64.9 Å². The van der Waals surface area contributed by atoms with Crippen LogP contribution in [0.3, 0.4) is 0 Å². The van der Waals surface area contributed by atoms with Gasteiger partial charge in [0.05, 0.1) is 22.7 Å². The third-order valence-electron chi connectivity index (χ3n) is 2.30. The second kappa shape index (κ2) is 4.12. The summed E-state index contributed by atoms with van der Waals surface area (Å²) < 4.78 is 5.01. The van der Waals surface area contributed by atoms with E-state index in [1.54, 1.807) is 17.5 Å². The highest BCUT2D eigenvalue weighted by Crippen LogP contribution is 2.31. The molecule has 0 amide bonds. The molecule has 2 heterocycles. The van der Waals surface area contributed by atoms with Crippen molar-refractivity contribution in [1.82, 2.24) is 10.1 Å². The molecule has 0 aromatic carbocycles. The van der Waals surface area contributed by atoms with E-state index in [1.165, 1.54) is 0 Å². The minimum Gasteiger partial charge on any atom is -0.361 e. The van der Waals surface area contributed by atoms with Crippen molar-refractivity contribution in [1.29, 1.82) is 0 Å². The number of hydrogen-bond donors (Lipinski definition) is 1. The van der Waals surface area contributed by atoms with Gasteiger partial charge in [0, 0.05) is 6.20 Å². The average molecular weight is 223 g/mol. The first-order chi connectivity index (χ1) is 7.22. The molecule has 0 fully saturated rings. The zero-order valence-corrected chi connectivity index (χ0v) is 9.54. The van der Waals surface area contributed by atoms with Gasteiger partial charge in [-0.15, -0.1) is 11.3 Å². The summed E-state index contributed by atoms with van der Waals surface area (Å²) in [6.07, 6.45) is 4.44. The fourth-order valence-electron chi connectivity index (χ4n) is 1.29. The quantitative estimate of drug-likeness (QED) is 0.868. The second-order valence-corrected chi connectivity index (χ2v) is 4.44. The van der Waals surface area contributed by atoms with E-state index in [2.05, 4.69) is 17.1 Å². The van der Waals surface area contributed by atoms with Gasteiger partial charge in [-0.3, -0.25) is 0 Å². The summed E-state index contributed by atoms with van der Waals surface area (Å²) in [7, 11) is 0. The van der Waals surface area contributed by atoms with Crippen molar-refractivity contribution in [2.24, 2.45) is 5.73 Å². The molecule has 2 rings (SSSR count). The van der Waals surface area contributed by atoms with Gasteiger partial charge in [-0.25, -0.2) is 4.98 Å². The lowest BCUT2D eigenvalue weighted by molar-refractivity contribution is 0.398.